The van der Waals surface area contributed by atoms with Crippen LogP contribution in [0.4, 0.5) is 17.1 Å². The van der Waals surface area contributed by atoms with Crippen molar-refractivity contribution in [1.82, 2.24) is 4.57 Å². The molecule has 2 heterocycles. The van der Waals surface area contributed by atoms with Crippen molar-refractivity contribution in [2.45, 2.75) is 23.6 Å². The highest BCUT2D eigenvalue weighted by atomic mass is 32.2. The van der Waals surface area contributed by atoms with E-state index in [0.29, 0.717) is 0 Å². The molecule has 0 unspecified atom stereocenters. The molecule has 2 nitrogen and oxygen atoms in total. The van der Waals surface area contributed by atoms with Gasteiger partial charge >= 0.3 is 0 Å². The summed E-state index contributed by atoms with van der Waals surface area (Å²) in [5.74, 6) is 0. The standard InChI is InChI=1S/C68H44N2S/c1-41-34-50-24-30-59-62-39-48(26-31-63(62)70(67(59)60(50)35-42(41)2)52-28-22-43-12-3-4-14-45(43)36-52)49-27-33-66-65(40-49)69(64-32-25-44-13-5-6-17-53(44)68(64)71-66)51-16-11-15-46(37-51)47-23-29-58-56-20-8-7-18-54(56)55-19-9-10-21-57(55)61(58)38-47/h3-40H,1-2H3. The molecule has 0 saturated carbocycles. The quantitative estimate of drug-likeness (QED) is 0.163. The van der Waals surface area contributed by atoms with Crippen molar-refractivity contribution in [2.75, 3.05) is 4.90 Å². The van der Waals surface area contributed by atoms with Crippen LogP contribution in [0.15, 0.2) is 240 Å². The zero-order chi connectivity index (χ0) is 46.9. The van der Waals surface area contributed by atoms with E-state index in [4.69, 9.17) is 0 Å². The fourth-order valence-corrected chi connectivity index (χ4v) is 12.9. The van der Waals surface area contributed by atoms with Gasteiger partial charge in [-0.3, -0.25) is 0 Å². The van der Waals surface area contributed by atoms with E-state index < -0.39 is 0 Å². The number of hydrogen-bond donors (Lipinski definition) is 0. The molecule has 1 aromatic heterocycles. The fraction of sp³-hybridized carbons (Fsp3) is 0.0294. The van der Waals surface area contributed by atoms with Gasteiger partial charge in [0.1, 0.15) is 0 Å². The first-order chi connectivity index (χ1) is 35.0. The van der Waals surface area contributed by atoms with Crippen molar-refractivity contribution in [3.8, 4) is 27.9 Å². The highest BCUT2D eigenvalue weighted by Gasteiger charge is 2.28. The minimum absolute atomic E-state index is 1.13. The summed E-state index contributed by atoms with van der Waals surface area (Å²) >= 11 is 1.88. The third kappa shape index (κ3) is 6.16. The summed E-state index contributed by atoms with van der Waals surface area (Å²) in [5, 5.41) is 17.8. The first-order valence-corrected chi connectivity index (χ1v) is 25.4. The Bertz CT molecular complexity index is 4560. The number of aromatic nitrogens is 1. The van der Waals surface area contributed by atoms with Crippen LogP contribution in [-0.4, -0.2) is 4.57 Å². The summed E-state index contributed by atoms with van der Waals surface area (Å²) < 4.78 is 2.50. The van der Waals surface area contributed by atoms with Crippen LogP contribution in [0.1, 0.15) is 11.1 Å². The lowest BCUT2D eigenvalue weighted by atomic mass is 9.92. The van der Waals surface area contributed by atoms with Gasteiger partial charge in [0.15, 0.2) is 0 Å². The highest BCUT2D eigenvalue weighted by molar-refractivity contribution is 8.00. The zero-order valence-electron chi connectivity index (χ0n) is 39.2. The van der Waals surface area contributed by atoms with Crippen molar-refractivity contribution in [2.24, 2.45) is 0 Å². The van der Waals surface area contributed by atoms with E-state index in [0.717, 1.165) is 5.69 Å². The van der Waals surface area contributed by atoms with Crippen LogP contribution in [0.5, 0.6) is 0 Å². The maximum Gasteiger partial charge on any atom is 0.0619 e. The number of aryl methyl sites for hydroxylation is 2. The van der Waals surface area contributed by atoms with Crippen LogP contribution in [-0.2, 0) is 0 Å². The predicted octanol–water partition coefficient (Wildman–Crippen LogP) is 19.6. The Labute approximate surface area is 415 Å². The molecule has 0 fully saturated rings. The second-order valence-electron chi connectivity index (χ2n) is 19.4. The zero-order valence-corrected chi connectivity index (χ0v) is 40.1. The normalized spacial score (nSPS) is 12.6. The Morgan fingerprint density at radius 2 is 0.901 bits per heavy atom. The van der Waals surface area contributed by atoms with Gasteiger partial charge < -0.3 is 9.47 Å². The fourth-order valence-electron chi connectivity index (χ4n) is 11.8. The van der Waals surface area contributed by atoms with Gasteiger partial charge in [0, 0.05) is 37.3 Å². The second kappa shape index (κ2) is 15.4. The van der Waals surface area contributed by atoms with Gasteiger partial charge in [0.25, 0.3) is 0 Å². The van der Waals surface area contributed by atoms with Crippen LogP contribution in [0.2, 0.25) is 0 Å². The molecule has 0 atom stereocenters. The van der Waals surface area contributed by atoms with Gasteiger partial charge in [0.2, 0.25) is 0 Å². The summed E-state index contributed by atoms with van der Waals surface area (Å²) in [6.07, 6.45) is 0. The minimum atomic E-state index is 1.13. The third-order valence-electron chi connectivity index (χ3n) is 15.4. The summed E-state index contributed by atoms with van der Waals surface area (Å²) in [4.78, 5) is 5.02. The summed E-state index contributed by atoms with van der Waals surface area (Å²) in [6, 6.07) is 86.4. The Morgan fingerprint density at radius 1 is 0.310 bits per heavy atom. The maximum absolute atomic E-state index is 2.51. The summed E-state index contributed by atoms with van der Waals surface area (Å²) in [7, 11) is 0. The molecule has 0 aliphatic carbocycles. The lowest BCUT2D eigenvalue weighted by molar-refractivity contribution is 1.18. The molecular formula is C68H44N2S. The molecule has 0 N–H and O–H groups in total. The first kappa shape index (κ1) is 40.3. The van der Waals surface area contributed by atoms with Crippen molar-refractivity contribution in [3.63, 3.8) is 0 Å². The predicted molar refractivity (Wildman–Crippen MR) is 305 cm³/mol. The Hall–Kier alpha value is -8.63. The molecule has 0 bridgehead atoms. The lowest BCUT2D eigenvalue weighted by Crippen LogP contribution is -2.15. The van der Waals surface area contributed by atoms with Crippen LogP contribution in [0, 0.1) is 13.8 Å². The molecule has 14 aromatic rings. The van der Waals surface area contributed by atoms with Crippen LogP contribution < -0.4 is 4.90 Å². The van der Waals surface area contributed by atoms with E-state index in [1.165, 1.54) is 147 Å². The first-order valence-electron chi connectivity index (χ1n) is 24.6. The molecule has 1 aliphatic heterocycles. The van der Waals surface area contributed by atoms with Gasteiger partial charge in [-0.2, -0.15) is 0 Å². The molecule has 1 aliphatic rings. The van der Waals surface area contributed by atoms with Gasteiger partial charge in [-0.1, -0.05) is 176 Å². The number of anilines is 3. The van der Waals surface area contributed by atoms with E-state index in [1.807, 2.05) is 11.8 Å². The number of hydrogen-bond acceptors (Lipinski definition) is 2. The largest absolute Gasteiger partial charge is 0.309 e. The molecule has 0 saturated heterocycles. The number of nitrogens with zero attached hydrogens (tertiary/aromatic N) is 2. The van der Waals surface area contributed by atoms with Crippen molar-refractivity contribution >= 4 is 115 Å². The van der Waals surface area contributed by atoms with Gasteiger partial charge in [-0.05, 0) is 173 Å². The van der Waals surface area contributed by atoms with Gasteiger partial charge in [0.05, 0.1) is 22.4 Å². The van der Waals surface area contributed by atoms with E-state index in [2.05, 4.69) is 254 Å². The van der Waals surface area contributed by atoms with Crippen molar-refractivity contribution in [3.05, 3.63) is 242 Å². The van der Waals surface area contributed by atoms with Gasteiger partial charge in [-0.15, -0.1) is 0 Å². The Kier molecular flexibility index (Phi) is 8.76. The van der Waals surface area contributed by atoms with E-state index in [-0.39, 0.29) is 0 Å². The molecule has 71 heavy (non-hydrogen) atoms. The number of fused-ring (bicyclic) bond motifs is 16. The SMILES string of the molecule is Cc1cc2ccc3c4cc(-c5ccc6c(c5)N(c5cccc(-c7ccc8c9ccccc9c9ccccc9c8c7)c5)c5ccc7ccccc7c5S6)ccc4n(-c4ccc5ccccc5c4)c3c2cc1C. The monoisotopic (exact) mass is 920 g/mol. The number of rotatable bonds is 4. The topological polar surface area (TPSA) is 8.17 Å². The lowest BCUT2D eigenvalue weighted by Gasteiger charge is -2.34. The Balaban J connectivity index is 0.910. The van der Waals surface area contributed by atoms with Crippen molar-refractivity contribution < 1.29 is 0 Å². The average molecular weight is 921 g/mol. The van der Waals surface area contributed by atoms with E-state index in [1.54, 1.807) is 0 Å². The molecule has 0 amide bonds. The molecule has 3 heteroatoms. The van der Waals surface area contributed by atoms with Crippen LogP contribution >= 0.6 is 11.8 Å². The minimum Gasteiger partial charge on any atom is -0.309 e. The maximum atomic E-state index is 2.51. The molecule has 332 valence electrons. The highest BCUT2D eigenvalue weighted by Crippen LogP contribution is 2.55. The van der Waals surface area contributed by atoms with Gasteiger partial charge in [-0.25, -0.2) is 0 Å². The van der Waals surface area contributed by atoms with Crippen LogP contribution in [0.25, 0.3) is 114 Å². The Morgan fingerprint density at radius 3 is 1.70 bits per heavy atom. The molecule has 15 rings (SSSR count). The number of benzene rings is 13. The van der Waals surface area contributed by atoms with Crippen molar-refractivity contribution in [1.29, 1.82) is 0 Å². The second-order valence-corrected chi connectivity index (χ2v) is 20.4. The summed E-state index contributed by atoms with van der Waals surface area (Å²) in [6.45, 7) is 4.45. The third-order valence-corrected chi connectivity index (χ3v) is 16.6. The molecule has 0 radical (unpaired) electrons. The van der Waals surface area contributed by atoms with E-state index in [9.17, 15) is 0 Å². The smallest absolute Gasteiger partial charge is 0.0619 e. The van der Waals surface area contributed by atoms with Crippen LogP contribution in [0.3, 0.4) is 0 Å². The van der Waals surface area contributed by atoms with E-state index >= 15 is 0 Å². The summed E-state index contributed by atoms with van der Waals surface area (Å²) in [5.41, 5.74) is 14.5. The molecular weight excluding hydrogens is 877 g/mol. The average Bonchev–Trinajstić information content (AvgIpc) is 3.77. The molecule has 13 aromatic carbocycles. The molecule has 0 spiro atoms.